The number of carbonyl (C=O) groups excluding carboxylic acids is 1. The van der Waals surface area contributed by atoms with Crippen LogP contribution in [-0.2, 0) is 4.79 Å². The van der Waals surface area contributed by atoms with Gasteiger partial charge in [-0.15, -0.1) is 0 Å². The summed E-state index contributed by atoms with van der Waals surface area (Å²) in [4.78, 5) is 11.9. The second-order valence-electron chi connectivity index (χ2n) is 6.73. The highest BCUT2D eigenvalue weighted by Crippen LogP contribution is 2.40. The molecule has 0 aromatic heterocycles. The highest BCUT2D eigenvalue weighted by Gasteiger charge is 2.45. The van der Waals surface area contributed by atoms with E-state index in [2.05, 4.69) is 5.32 Å². The van der Waals surface area contributed by atoms with Crippen LogP contribution in [0.3, 0.4) is 0 Å². The number of nitrogens with one attached hydrogen (secondary N) is 2. The SMILES string of the molecule is N=C1C(=O)NC(C2CCCCC2)C1C1CCCCC1. The zero-order valence-electron chi connectivity index (χ0n) is 11.8. The first-order chi connectivity index (χ1) is 9.27. The van der Waals surface area contributed by atoms with Crippen molar-refractivity contribution >= 4 is 11.6 Å². The normalized spacial score (nSPS) is 34.5. The summed E-state index contributed by atoms with van der Waals surface area (Å²) in [6.07, 6.45) is 12.8. The van der Waals surface area contributed by atoms with Crippen molar-refractivity contribution in [1.29, 1.82) is 5.41 Å². The fourth-order valence-electron chi connectivity index (χ4n) is 4.58. The minimum Gasteiger partial charge on any atom is -0.347 e. The number of hydrogen-bond donors (Lipinski definition) is 2. The molecule has 2 aliphatic carbocycles. The molecular formula is C16H26N2O. The molecule has 3 fully saturated rings. The third-order valence-corrected chi connectivity index (χ3v) is 5.58. The number of rotatable bonds is 2. The summed E-state index contributed by atoms with van der Waals surface area (Å²) in [6, 6.07) is 0.281. The van der Waals surface area contributed by atoms with Crippen LogP contribution in [0, 0.1) is 23.2 Å². The maximum atomic E-state index is 11.9. The molecular weight excluding hydrogens is 236 g/mol. The third kappa shape index (κ3) is 2.56. The highest BCUT2D eigenvalue weighted by atomic mass is 16.2. The number of amides is 1. The largest absolute Gasteiger partial charge is 0.347 e. The van der Waals surface area contributed by atoms with Gasteiger partial charge in [0.25, 0.3) is 5.91 Å². The van der Waals surface area contributed by atoms with Crippen LogP contribution in [0.25, 0.3) is 0 Å². The average molecular weight is 262 g/mol. The zero-order chi connectivity index (χ0) is 13.2. The summed E-state index contributed by atoms with van der Waals surface area (Å²) < 4.78 is 0. The first kappa shape index (κ1) is 13.1. The molecule has 1 amide bonds. The molecule has 0 aromatic rings. The van der Waals surface area contributed by atoms with E-state index in [1.807, 2.05) is 0 Å². The predicted octanol–water partition coefficient (Wildman–Crippen LogP) is 3.28. The molecule has 0 aromatic carbocycles. The Labute approximate surface area is 116 Å². The minimum atomic E-state index is -0.0776. The molecule has 1 saturated heterocycles. The van der Waals surface area contributed by atoms with Gasteiger partial charge in [-0.2, -0.15) is 0 Å². The van der Waals surface area contributed by atoms with E-state index >= 15 is 0 Å². The Balaban J connectivity index is 1.76. The van der Waals surface area contributed by atoms with E-state index < -0.39 is 0 Å². The average Bonchev–Trinajstić information content (AvgIpc) is 2.77. The summed E-state index contributed by atoms with van der Waals surface area (Å²) in [5.74, 6) is 1.36. The van der Waals surface area contributed by atoms with Gasteiger partial charge in [-0.25, -0.2) is 0 Å². The standard InChI is InChI=1S/C16H26N2O/c17-14-13(11-7-3-1-4-8-11)15(18-16(14)19)12-9-5-2-6-10-12/h11-13,15,17H,1-10H2,(H,18,19). The lowest BCUT2D eigenvalue weighted by molar-refractivity contribution is -0.114. The van der Waals surface area contributed by atoms with Gasteiger partial charge in [0.15, 0.2) is 0 Å². The maximum Gasteiger partial charge on any atom is 0.265 e. The second kappa shape index (κ2) is 5.64. The van der Waals surface area contributed by atoms with Gasteiger partial charge >= 0.3 is 0 Å². The Hall–Kier alpha value is -0.860. The van der Waals surface area contributed by atoms with Crippen LogP contribution >= 0.6 is 0 Å². The lowest BCUT2D eigenvalue weighted by Crippen LogP contribution is -2.40. The van der Waals surface area contributed by atoms with Crippen LogP contribution in [0.5, 0.6) is 0 Å². The van der Waals surface area contributed by atoms with Gasteiger partial charge < -0.3 is 5.32 Å². The predicted molar refractivity (Wildman–Crippen MR) is 76.3 cm³/mol. The van der Waals surface area contributed by atoms with E-state index in [4.69, 9.17) is 5.41 Å². The van der Waals surface area contributed by atoms with Gasteiger partial charge in [0.2, 0.25) is 0 Å². The molecule has 0 bridgehead atoms. The van der Waals surface area contributed by atoms with Crippen LogP contribution in [-0.4, -0.2) is 17.7 Å². The molecule has 0 radical (unpaired) electrons. The van der Waals surface area contributed by atoms with E-state index in [9.17, 15) is 4.79 Å². The van der Waals surface area contributed by atoms with E-state index in [0.29, 0.717) is 17.5 Å². The molecule has 1 aliphatic heterocycles. The first-order valence-electron chi connectivity index (χ1n) is 8.16. The van der Waals surface area contributed by atoms with Gasteiger partial charge in [-0.1, -0.05) is 38.5 Å². The van der Waals surface area contributed by atoms with Crippen molar-refractivity contribution in [2.75, 3.05) is 0 Å². The van der Waals surface area contributed by atoms with Gasteiger partial charge in [-0.05, 0) is 37.5 Å². The van der Waals surface area contributed by atoms with Crippen molar-refractivity contribution in [1.82, 2.24) is 5.32 Å². The Bertz CT molecular complexity index is 354. The highest BCUT2D eigenvalue weighted by molar-refractivity contribution is 6.40. The molecule has 1 heterocycles. The van der Waals surface area contributed by atoms with Crippen molar-refractivity contribution in [3.8, 4) is 0 Å². The fourth-order valence-corrected chi connectivity index (χ4v) is 4.58. The van der Waals surface area contributed by atoms with Crippen molar-refractivity contribution in [3.63, 3.8) is 0 Å². The Kier molecular flexibility index (Phi) is 3.90. The van der Waals surface area contributed by atoms with Crippen molar-refractivity contribution < 1.29 is 4.79 Å². The summed E-state index contributed by atoms with van der Waals surface area (Å²) in [5.41, 5.74) is 0.391. The first-order valence-corrected chi connectivity index (χ1v) is 8.16. The molecule has 3 nitrogen and oxygen atoms in total. The van der Waals surface area contributed by atoms with Crippen LogP contribution in [0.1, 0.15) is 64.2 Å². The van der Waals surface area contributed by atoms with E-state index in [-0.39, 0.29) is 17.9 Å². The Morgan fingerprint density at radius 2 is 1.37 bits per heavy atom. The van der Waals surface area contributed by atoms with Crippen molar-refractivity contribution in [2.24, 2.45) is 17.8 Å². The smallest absolute Gasteiger partial charge is 0.265 e. The molecule has 2 N–H and O–H groups in total. The lowest BCUT2D eigenvalue weighted by atomic mass is 9.70. The van der Waals surface area contributed by atoms with E-state index in [1.54, 1.807) is 0 Å². The second-order valence-corrected chi connectivity index (χ2v) is 6.73. The van der Waals surface area contributed by atoms with E-state index in [1.165, 1.54) is 64.2 Å². The van der Waals surface area contributed by atoms with Gasteiger partial charge in [-0.3, -0.25) is 10.2 Å². The molecule has 3 rings (SSSR count). The number of carbonyl (C=O) groups is 1. The van der Waals surface area contributed by atoms with Crippen LogP contribution in [0.4, 0.5) is 0 Å². The molecule has 3 aliphatic rings. The Morgan fingerprint density at radius 3 is 1.95 bits per heavy atom. The topological polar surface area (TPSA) is 53.0 Å². The van der Waals surface area contributed by atoms with Gasteiger partial charge in [0.1, 0.15) is 5.71 Å². The minimum absolute atomic E-state index is 0.0776. The van der Waals surface area contributed by atoms with Crippen LogP contribution in [0.2, 0.25) is 0 Å². The quantitative estimate of drug-likeness (QED) is 0.788. The molecule has 2 unspecified atom stereocenters. The maximum absolute atomic E-state index is 11.9. The number of hydrogen-bond acceptors (Lipinski definition) is 2. The Morgan fingerprint density at radius 1 is 0.842 bits per heavy atom. The van der Waals surface area contributed by atoms with Crippen LogP contribution in [0.15, 0.2) is 0 Å². The van der Waals surface area contributed by atoms with Gasteiger partial charge in [0, 0.05) is 12.0 Å². The third-order valence-electron chi connectivity index (χ3n) is 5.58. The lowest BCUT2D eigenvalue weighted by Gasteiger charge is -2.36. The summed E-state index contributed by atoms with van der Waals surface area (Å²) >= 11 is 0. The van der Waals surface area contributed by atoms with Gasteiger partial charge in [0.05, 0.1) is 0 Å². The summed E-state index contributed by atoms with van der Waals surface area (Å²) in [7, 11) is 0. The molecule has 2 atom stereocenters. The summed E-state index contributed by atoms with van der Waals surface area (Å²) in [6.45, 7) is 0. The molecule has 3 heteroatoms. The van der Waals surface area contributed by atoms with Crippen LogP contribution < -0.4 is 5.32 Å². The van der Waals surface area contributed by atoms with E-state index in [0.717, 1.165) is 0 Å². The van der Waals surface area contributed by atoms with Crippen molar-refractivity contribution in [3.05, 3.63) is 0 Å². The molecule has 19 heavy (non-hydrogen) atoms. The summed E-state index contributed by atoms with van der Waals surface area (Å²) in [5, 5.41) is 11.3. The molecule has 0 spiro atoms. The zero-order valence-corrected chi connectivity index (χ0v) is 11.8. The molecule has 106 valence electrons. The molecule has 2 saturated carbocycles. The van der Waals surface area contributed by atoms with Crippen molar-refractivity contribution in [2.45, 2.75) is 70.3 Å². The monoisotopic (exact) mass is 262 g/mol. The fraction of sp³-hybridized carbons (Fsp3) is 0.875.